The lowest BCUT2D eigenvalue weighted by Gasteiger charge is -2.44. The van der Waals surface area contributed by atoms with Gasteiger partial charge in [0, 0.05) is 46.0 Å². The number of ether oxygens (including phenoxy) is 1. The molecule has 0 aliphatic carbocycles. The number of amides is 2. The predicted molar refractivity (Wildman–Crippen MR) is 124 cm³/mol. The summed E-state index contributed by atoms with van der Waals surface area (Å²) in [6, 6.07) is 11.8. The molecule has 3 heterocycles. The summed E-state index contributed by atoms with van der Waals surface area (Å²) < 4.78 is 6.33. The number of aromatic amines is 1. The van der Waals surface area contributed by atoms with E-state index in [9.17, 15) is 9.59 Å². The zero-order chi connectivity index (χ0) is 21.8. The Balaban J connectivity index is 1.41. The minimum Gasteiger partial charge on any atom is -0.497 e. The zero-order valence-electron chi connectivity index (χ0n) is 17.5. The van der Waals surface area contributed by atoms with E-state index in [0.717, 1.165) is 45.2 Å². The number of H-pyrrole nitrogens is 1. The predicted octanol–water partition coefficient (Wildman–Crippen LogP) is 4.76. The first-order chi connectivity index (χ1) is 14.9. The van der Waals surface area contributed by atoms with E-state index in [-0.39, 0.29) is 17.2 Å². The summed E-state index contributed by atoms with van der Waals surface area (Å²) in [6.45, 7) is 3.21. The number of hydrogen-bond donors (Lipinski definition) is 2. The lowest BCUT2D eigenvalue weighted by molar-refractivity contribution is -0.118. The van der Waals surface area contributed by atoms with E-state index in [2.05, 4.69) is 32.3 Å². The number of carbonyl (C=O) groups excluding carboxylic acids is 2. The number of piperidine rings is 1. The van der Waals surface area contributed by atoms with Gasteiger partial charge in [0.05, 0.1) is 7.11 Å². The molecule has 7 heteroatoms. The number of nitrogens with zero attached hydrogens (tertiary/aromatic N) is 1. The van der Waals surface area contributed by atoms with Crippen molar-refractivity contribution < 1.29 is 14.3 Å². The lowest BCUT2D eigenvalue weighted by atomic mass is 9.68. The summed E-state index contributed by atoms with van der Waals surface area (Å²) in [7, 11) is 1.64. The number of methoxy groups -OCH3 is 1. The number of nitrogens with one attached hydrogen (secondary N) is 2. The first-order valence-corrected chi connectivity index (χ1v) is 11.2. The van der Waals surface area contributed by atoms with Crippen LogP contribution in [0.25, 0.3) is 10.9 Å². The van der Waals surface area contributed by atoms with Gasteiger partial charge < -0.3 is 19.9 Å². The third kappa shape index (κ3) is 3.31. The van der Waals surface area contributed by atoms with Gasteiger partial charge in [0.15, 0.2) is 0 Å². The molecule has 2 N–H and O–H groups in total. The minimum atomic E-state index is -0.221. The van der Waals surface area contributed by atoms with Crippen molar-refractivity contribution in [2.45, 2.75) is 31.6 Å². The molecular formula is C24H24BrN3O3. The zero-order valence-corrected chi connectivity index (χ0v) is 19.1. The maximum absolute atomic E-state index is 13.4. The Labute approximate surface area is 189 Å². The Morgan fingerprint density at radius 3 is 2.68 bits per heavy atom. The maximum Gasteiger partial charge on any atom is 0.270 e. The molecule has 0 bridgehead atoms. The number of benzene rings is 2. The normalized spacial score (nSPS) is 17.5. The molecular weight excluding hydrogens is 458 g/mol. The van der Waals surface area contributed by atoms with Crippen LogP contribution < -0.4 is 10.1 Å². The number of rotatable bonds is 2. The minimum absolute atomic E-state index is 0.0113. The molecule has 0 radical (unpaired) electrons. The van der Waals surface area contributed by atoms with E-state index in [4.69, 9.17) is 4.74 Å². The fraction of sp³-hybridized carbons (Fsp3) is 0.333. The number of aryl methyl sites for hydroxylation is 1. The van der Waals surface area contributed by atoms with Crippen LogP contribution in [0, 0.1) is 6.92 Å². The maximum atomic E-state index is 13.4. The van der Waals surface area contributed by atoms with Gasteiger partial charge in [-0.15, -0.1) is 0 Å². The van der Waals surface area contributed by atoms with Crippen LogP contribution in [0.5, 0.6) is 5.75 Å². The van der Waals surface area contributed by atoms with E-state index in [1.165, 1.54) is 5.56 Å². The number of carbonyl (C=O) groups is 2. The summed E-state index contributed by atoms with van der Waals surface area (Å²) in [5.41, 5.74) is 4.33. The van der Waals surface area contributed by atoms with Gasteiger partial charge in [0.25, 0.3) is 5.91 Å². The Morgan fingerprint density at radius 2 is 1.94 bits per heavy atom. The molecule has 1 fully saturated rings. The van der Waals surface area contributed by atoms with Crippen molar-refractivity contribution in [3.8, 4) is 5.75 Å². The fourth-order valence-corrected chi connectivity index (χ4v) is 5.41. The Hall–Kier alpha value is -2.80. The van der Waals surface area contributed by atoms with E-state index in [1.807, 2.05) is 42.2 Å². The Morgan fingerprint density at radius 1 is 1.16 bits per heavy atom. The number of aromatic nitrogens is 1. The van der Waals surface area contributed by atoms with Crippen LogP contribution in [-0.4, -0.2) is 41.9 Å². The molecule has 3 aromatic rings. The topological polar surface area (TPSA) is 74.4 Å². The molecule has 2 aromatic carbocycles. The average Bonchev–Trinajstić information content (AvgIpc) is 3.10. The van der Waals surface area contributed by atoms with Crippen LogP contribution in [0.4, 0.5) is 5.69 Å². The van der Waals surface area contributed by atoms with Crippen molar-refractivity contribution >= 4 is 44.3 Å². The van der Waals surface area contributed by atoms with Gasteiger partial charge in [0.2, 0.25) is 5.91 Å². The molecule has 0 atom stereocenters. The molecule has 6 nitrogen and oxygen atoms in total. The number of likely N-dealkylation sites (tertiary alicyclic amines) is 1. The summed E-state index contributed by atoms with van der Waals surface area (Å²) >= 11 is 3.57. The van der Waals surface area contributed by atoms with Gasteiger partial charge in [-0.1, -0.05) is 15.9 Å². The second kappa shape index (κ2) is 7.41. The number of hydrogen-bond acceptors (Lipinski definition) is 3. The van der Waals surface area contributed by atoms with Crippen molar-refractivity contribution in [2.75, 3.05) is 25.5 Å². The average molecular weight is 482 g/mol. The number of anilines is 1. The van der Waals surface area contributed by atoms with Gasteiger partial charge in [-0.25, -0.2) is 0 Å². The van der Waals surface area contributed by atoms with E-state index in [1.54, 1.807) is 7.11 Å². The highest BCUT2D eigenvalue weighted by Crippen LogP contribution is 2.46. The van der Waals surface area contributed by atoms with Crippen molar-refractivity contribution in [2.24, 2.45) is 0 Å². The van der Waals surface area contributed by atoms with Gasteiger partial charge in [-0.05, 0) is 67.3 Å². The smallest absolute Gasteiger partial charge is 0.270 e. The van der Waals surface area contributed by atoms with Crippen molar-refractivity contribution in [1.82, 2.24) is 9.88 Å². The Bertz CT molecular complexity index is 1210. The van der Waals surface area contributed by atoms with Crippen LogP contribution >= 0.6 is 15.9 Å². The van der Waals surface area contributed by atoms with Crippen molar-refractivity contribution in [3.63, 3.8) is 0 Å². The highest BCUT2D eigenvalue weighted by atomic mass is 79.9. The van der Waals surface area contributed by atoms with Crippen LogP contribution in [0.3, 0.4) is 0 Å². The number of fused-ring (bicyclic) bond motifs is 3. The van der Waals surface area contributed by atoms with Gasteiger partial charge in [-0.3, -0.25) is 9.59 Å². The second-order valence-corrected chi connectivity index (χ2v) is 9.44. The van der Waals surface area contributed by atoms with Crippen LogP contribution in [0.15, 0.2) is 40.9 Å². The van der Waals surface area contributed by atoms with Crippen molar-refractivity contribution in [1.29, 1.82) is 0 Å². The summed E-state index contributed by atoms with van der Waals surface area (Å²) in [4.78, 5) is 31.0. The second-order valence-electron chi connectivity index (χ2n) is 8.52. The lowest BCUT2D eigenvalue weighted by Crippen LogP contribution is -2.48. The van der Waals surface area contributed by atoms with Crippen LogP contribution in [0.1, 0.15) is 40.9 Å². The molecule has 0 saturated carbocycles. The van der Waals surface area contributed by atoms with Crippen LogP contribution in [0.2, 0.25) is 0 Å². The summed E-state index contributed by atoms with van der Waals surface area (Å²) in [5, 5.41) is 3.99. The molecule has 1 saturated heterocycles. The van der Waals surface area contributed by atoms with Gasteiger partial charge in [-0.2, -0.15) is 0 Å². The van der Waals surface area contributed by atoms with Crippen molar-refractivity contribution in [3.05, 3.63) is 57.7 Å². The SMILES string of the molecule is COc1ccc2[nH]c(C(=O)N3CCC4(CC3)CC(=O)Nc3ccc(Br)cc34)c(C)c2c1. The molecule has 31 heavy (non-hydrogen) atoms. The Kier molecular flexibility index (Phi) is 4.81. The molecule has 2 aliphatic heterocycles. The highest BCUT2D eigenvalue weighted by molar-refractivity contribution is 9.10. The third-order valence-electron chi connectivity index (χ3n) is 6.81. The first-order valence-electron chi connectivity index (χ1n) is 10.5. The number of halogens is 1. The largest absolute Gasteiger partial charge is 0.497 e. The first kappa shape index (κ1) is 20.1. The molecule has 160 valence electrons. The molecule has 2 amide bonds. The standard InChI is InChI=1S/C24H24BrN3O3/c1-14-17-12-16(31-2)4-6-19(17)27-22(14)23(30)28-9-7-24(8-10-28)13-21(29)26-20-5-3-15(25)11-18(20)24/h3-6,11-12,27H,7-10,13H2,1-2H3,(H,26,29). The quantitative estimate of drug-likeness (QED) is 0.553. The monoisotopic (exact) mass is 481 g/mol. The molecule has 1 aromatic heterocycles. The molecule has 0 unspecified atom stereocenters. The van der Waals surface area contributed by atoms with Gasteiger partial charge >= 0.3 is 0 Å². The van der Waals surface area contributed by atoms with Gasteiger partial charge in [0.1, 0.15) is 11.4 Å². The van der Waals surface area contributed by atoms with Crippen LogP contribution in [-0.2, 0) is 10.2 Å². The van der Waals surface area contributed by atoms with E-state index in [0.29, 0.717) is 25.2 Å². The third-order valence-corrected chi connectivity index (χ3v) is 7.31. The highest BCUT2D eigenvalue weighted by Gasteiger charge is 2.43. The molecule has 1 spiro atoms. The van der Waals surface area contributed by atoms with E-state index >= 15 is 0 Å². The van der Waals surface area contributed by atoms with E-state index < -0.39 is 0 Å². The molecule has 2 aliphatic rings. The molecule has 5 rings (SSSR count). The summed E-state index contributed by atoms with van der Waals surface area (Å²) in [6.07, 6.45) is 2.00. The summed E-state index contributed by atoms with van der Waals surface area (Å²) in [5.74, 6) is 0.834. The fourth-order valence-electron chi connectivity index (χ4n) is 5.05.